The molecule has 0 spiro atoms. The Bertz CT molecular complexity index is 571. The molecule has 0 saturated heterocycles. The van der Waals surface area contributed by atoms with Crippen molar-refractivity contribution in [2.45, 2.75) is 18.6 Å². The second kappa shape index (κ2) is 9.26. The minimum absolute atomic E-state index is 0.0460. The van der Waals surface area contributed by atoms with Crippen LogP contribution in [0.15, 0.2) is 54.6 Å². The summed E-state index contributed by atoms with van der Waals surface area (Å²) in [4.78, 5) is 11.7. The van der Waals surface area contributed by atoms with Gasteiger partial charge in [-0.2, -0.15) is 11.8 Å². The smallest absolute Gasteiger partial charge is 0.220 e. The standard InChI is InChI=1S/C18H20FNOS/c19-17-9-6-15(7-10-17)8-11-18(21)20-12-13-22-14-16-4-2-1-3-5-16/h1-7,9-10H,8,11-14H2,(H,20,21). The van der Waals surface area contributed by atoms with Gasteiger partial charge in [-0.05, 0) is 29.7 Å². The maximum atomic E-state index is 12.8. The highest BCUT2D eigenvalue weighted by molar-refractivity contribution is 7.98. The molecule has 0 saturated carbocycles. The zero-order valence-electron chi connectivity index (χ0n) is 12.4. The van der Waals surface area contributed by atoms with Gasteiger partial charge in [-0.25, -0.2) is 4.39 Å². The Morgan fingerprint density at radius 3 is 2.45 bits per heavy atom. The molecule has 0 atom stereocenters. The lowest BCUT2D eigenvalue weighted by molar-refractivity contribution is -0.120. The number of nitrogens with one attached hydrogen (secondary N) is 1. The van der Waals surface area contributed by atoms with E-state index in [2.05, 4.69) is 17.4 Å². The molecule has 0 radical (unpaired) electrons. The van der Waals surface area contributed by atoms with E-state index >= 15 is 0 Å². The van der Waals surface area contributed by atoms with Crippen LogP contribution in [0.2, 0.25) is 0 Å². The number of rotatable bonds is 8. The van der Waals surface area contributed by atoms with E-state index in [1.165, 1.54) is 17.7 Å². The monoisotopic (exact) mass is 317 g/mol. The van der Waals surface area contributed by atoms with Gasteiger partial charge in [0, 0.05) is 24.5 Å². The normalized spacial score (nSPS) is 10.4. The van der Waals surface area contributed by atoms with Crippen LogP contribution in [0.25, 0.3) is 0 Å². The van der Waals surface area contributed by atoms with E-state index in [1.807, 2.05) is 30.0 Å². The number of thioether (sulfide) groups is 1. The van der Waals surface area contributed by atoms with Crippen LogP contribution in [0.3, 0.4) is 0 Å². The second-order valence-electron chi connectivity index (χ2n) is 5.01. The number of hydrogen-bond acceptors (Lipinski definition) is 2. The molecule has 2 aromatic carbocycles. The van der Waals surface area contributed by atoms with Gasteiger partial charge in [0.1, 0.15) is 5.82 Å². The molecule has 0 fully saturated rings. The summed E-state index contributed by atoms with van der Waals surface area (Å²) in [5.41, 5.74) is 2.28. The zero-order chi connectivity index (χ0) is 15.6. The van der Waals surface area contributed by atoms with Gasteiger partial charge in [-0.3, -0.25) is 4.79 Å². The lowest BCUT2D eigenvalue weighted by Gasteiger charge is -2.06. The SMILES string of the molecule is O=C(CCc1ccc(F)cc1)NCCSCc1ccccc1. The molecule has 1 amide bonds. The number of aryl methyl sites for hydroxylation is 1. The van der Waals surface area contributed by atoms with Gasteiger partial charge in [0.2, 0.25) is 5.91 Å². The first kappa shape index (κ1) is 16.6. The lowest BCUT2D eigenvalue weighted by atomic mass is 10.1. The molecule has 4 heteroatoms. The highest BCUT2D eigenvalue weighted by Gasteiger charge is 2.02. The third-order valence-corrected chi connectivity index (χ3v) is 4.26. The van der Waals surface area contributed by atoms with E-state index in [9.17, 15) is 9.18 Å². The summed E-state index contributed by atoms with van der Waals surface area (Å²) in [5.74, 6) is 1.66. The van der Waals surface area contributed by atoms with Crippen LogP contribution in [0, 0.1) is 5.82 Å². The topological polar surface area (TPSA) is 29.1 Å². The average Bonchev–Trinajstić information content (AvgIpc) is 2.55. The minimum atomic E-state index is -0.247. The van der Waals surface area contributed by atoms with Crippen molar-refractivity contribution < 1.29 is 9.18 Å². The van der Waals surface area contributed by atoms with E-state index in [0.29, 0.717) is 19.4 Å². The number of halogens is 1. The van der Waals surface area contributed by atoms with Crippen LogP contribution in [0.4, 0.5) is 4.39 Å². The minimum Gasteiger partial charge on any atom is -0.355 e. The van der Waals surface area contributed by atoms with Crippen LogP contribution in [-0.2, 0) is 17.0 Å². The van der Waals surface area contributed by atoms with Crippen molar-refractivity contribution in [1.29, 1.82) is 0 Å². The molecule has 0 heterocycles. The first-order valence-electron chi connectivity index (χ1n) is 7.37. The molecule has 0 aliphatic heterocycles. The predicted octanol–water partition coefficient (Wildman–Crippen LogP) is 3.81. The molecule has 0 aliphatic rings. The lowest BCUT2D eigenvalue weighted by Crippen LogP contribution is -2.25. The fraction of sp³-hybridized carbons (Fsp3) is 0.278. The van der Waals surface area contributed by atoms with Crippen molar-refractivity contribution in [3.63, 3.8) is 0 Å². The van der Waals surface area contributed by atoms with E-state index in [4.69, 9.17) is 0 Å². The van der Waals surface area contributed by atoms with E-state index in [-0.39, 0.29) is 11.7 Å². The quantitative estimate of drug-likeness (QED) is 0.750. The summed E-state index contributed by atoms with van der Waals surface area (Å²) >= 11 is 1.81. The molecule has 2 aromatic rings. The fourth-order valence-electron chi connectivity index (χ4n) is 2.02. The van der Waals surface area contributed by atoms with Crippen molar-refractivity contribution >= 4 is 17.7 Å². The maximum absolute atomic E-state index is 12.8. The van der Waals surface area contributed by atoms with Crippen molar-refractivity contribution in [3.05, 3.63) is 71.5 Å². The van der Waals surface area contributed by atoms with E-state index in [1.54, 1.807) is 12.1 Å². The number of hydrogen-bond donors (Lipinski definition) is 1. The van der Waals surface area contributed by atoms with Gasteiger partial charge in [0.05, 0.1) is 0 Å². The Balaban J connectivity index is 1.55. The molecule has 116 valence electrons. The molecule has 1 N–H and O–H groups in total. The zero-order valence-corrected chi connectivity index (χ0v) is 13.2. The van der Waals surface area contributed by atoms with Gasteiger partial charge < -0.3 is 5.32 Å². The van der Waals surface area contributed by atoms with Crippen molar-refractivity contribution in [3.8, 4) is 0 Å². The number of carbonyl (C=O) groups excluding carboxylic acids is 1. The van der Waals surface area contributed by atoms with Gasteiger partial charge in [0.15, 0.2) is 0 Å². The van der Waals surface area contributed by atoms with Crippen LogP contribution in [0.5, 0.6) is 0 Å². The highest BCUT2D eigenvalue weighted by atomic mass is 32.2. The van der Waals surface area contributed by atoms with Gasteiger partial charge >= 0.3 is 0 Å². The summed E-state index contributed by atoms with van der Waals surface area (Å²) in [6.07, 6.45) is 1.08. The third-order valence-electron chi connectivity index (χ3n) is 3.23. The number of carbonyl (C=O) groups is 1. The number of amides is 1. The second-order valence-corrected chi connectivity index (χ2v) is 6.12. The van der Waals surface area contributed by atoms with E-state index < -0.39 is 0 Å². The maximum Gasteiger partial charge on any atom is 0.220 e. The molecule has 22 heavy (non-hydrogen) atoms. The van der Waals surface area contributed by atoms with Crippen LogP contribution in [-0.4, -0.2) is 18.2 Å². The first-order chi connectivity index (χ1) is 10.7. The summed E-state index contributed by atoms with van der Waals surface area (Å²) in [7, 11) is 0. The van der Waals surface area contributed by atoms with Gasteiger partial charge in [0.25, 0.3) is 0 Å². The Labute approximate surface area is 135 Å². The molecule has 0 bridgehead atoms. The van der Waals surface area contributed by atoms with Crippen LogP contribution in [0.1, 0.15) is 17.5 Å². The third kappa shape index (κ3) is 6.31. The van der Waals surface area contributed by atoms with E-state index in [0.717, 1.165) is 17.1 Å². The van der Waals surface area contributed by atoms with Gasteiger partial charge in [-0.15, -0.1) is 0 Å². The summed E-state index contributed by atoms with van der Waals surface area (Å²) in [6.45, 7) is 0.680. The van der Waals surface area contributed by atoms with Crippen LogP contribution >= 0.6 is 11.8 Å². The average molecular weight is 317 g/mol. The largest absolute Gasteiger partial charge is 0.355 e. The predicted molar refractivity (Wildman–Crippen MR) is 90.3 cm³/mol. The summed E-state index contributed by atoms with van der Waals surface area (Å²) in [6, 6.07) is 16.6. The molecular weight excluding hydrogens is 297 g/mol. The molecule has 2 nitrogen and oxygen atoms in total. The Hall–Kier alpha value is -1.81. The van der Waals surface area contributed by atoms with Crippen molar-refractivity contribution in [2.24, 2.45) is 0 Å². The number of benzene rings is 2. The molecular formula is C18H20FNOS. The van der Waals surface area contributed by atoms with Crippen molar-refractivity contribution in [1.82, 2.24) is 5.32 Å². The molecule has 0 aromatic heterocycles. The fourth-order valence-corrected chi connectivity index (χ4v) is 2.84. The van der Waals surface area contributed by atoms with Crippen molar-refractivity contribution in [2.75, 3.05) is 12.3 Å². The molecule has 0 unspecified atom stereocenters. The Morgan fingerprint density at radius 2 is 1.73 bits per heavy atom. The first-order valence-corrected chi connectivity index (χ1v) is 8.52. The summed E-state index contributed by atoms with van der Waals surface area (Å²) < 4.78 is 12.8. The van der Waals surface area contributed by atoms with Crippen LogP contribution < -0.4 is 5.32 Å². The highest BCUT2D eigenvalue weighted by Crippen LogP contribution is 2.10. The molecule has 2 rings (SSSR count). The molecule has 0 aliphatic carbocycles. The summed E-state index contributed by atoms with van der Waals surface area (Å²) in [5, 5.41) is 2.92. The Kier molecular flexibility index (Phi) is 6.97. The van der Waals surface area contributed by atoms with Gasteiger partial charge in [-0.1, -0.05) is 42.5 Å². The Morgan fingerprint density at radius 1 is 1.00 bits per heavy atom.